The van der Waals surface area contributed by atoms with Crippen LogP contribution in [-0.2, 0) is 0 Å². The fraction of sp³-hybridized carbons (Fsp3) is 0. The lowest BCUT2D eigenvalue weighted by Gasteiger charge is -2.09. The van der Waals surface area contributed by atoms with E-state index in [9.17, 15) is 9.90 Å². The van der Waals surface area contributed by atoms with Gasteiger partial charge in [-0.05, 0) is 59.6 Å². The summed E-state index contributed by atoms with van der Waals surface area (Å²) >= 11 is 4.63. The molecule has 0 aliphatic heterocycles. The minimum absolute atomic E-state index is 0.236. The van der Waals surface area contributed by atoms with Crippen LogP contribution in [0.1, 0.15) is 10.4 Å². The molecule has 3 aromatic heterocycles. The average Bonchev–Trinajstić information content (AvgIpc) is 3.47. The molecule has 0 amide bonds. The van der Waals surface area contributed by atoms with E-state index in [-0.39, 0.29) is 5.56 Å². The Hall–Kier alpha value is -3.01. The maximum atomic E-state index is 11.2. The number of rotatable bonds is 5. The molecule has 2 aromatic carbocycles. The van der Waals surface area contributed by atoms with Crippen molar-refractivity contribution in [3.05, 3.63) is 71.6 Å². The summed E-state index contributed by atoms with van der Waals surface area (Å²) in [6, 6.07) is 18.7. The predicted octanol–water partition coefficient (Wildman–Crippen LogP) is 5.45. The number of carbonyl (C=O) groups is 1. The number of nitrogens with zero attached hydrogens (tertiary/aromatic N) is 4. The monoisotopic (exact) mass is 436 g/mol. The van der Waals surface area contributed by atoms with Crippen LogP contribution in [0, 0.1) is 0 Å². The van der Waals surface area contributed by atoms with E-state index in [1.165, 1.54) is 11.8 Å². The van der Waals surface area contributed by atoms with Crippen molar-refractivity contribution in [2.75, 3.05) is 0 Å². The highest BCUT2D eigenvalue weighted by Crippen LogP contribution is 2.37. The van der Waals surface area contributed by atoms with Crippen molar-refractivity contribution in [3.8, 4) is 16.4 Å². The van der Waals surface area contributed by atoms with Gasteiger partial charge in [0.25, 0.3) is 0 Å². The summed E-state index contributed by atoms with van der Waals surface area (Å²) in [6.45, 7) is 0. The van der Waals surface area contributed by atoms with Crippen LogP contribution >= 0.6 is 34.4 Å². The number of hydrogen-bond acceptors (Lipinski definition) is 7. The van der Waals surface area contributed by atoms with E-state index in [4.69, 9.17) is 0 Å². The molecule has 0 saturated carbocycles. The number of fused-ring (bicyclic) bond motifs is 1. The minimum Gasteiger partial charge on any atom is -0.478 e. The number of aromatic carboxylic acids is 1. The molecule has 9 heteroatoms. The molecule has 5 aromatic rings. The zero-order valence-corrected chi connectivity index (χ0v) is 17.2. The Morgan fingerprint density at radius 1 is 1.00 bits per heavy atom. The highest BCUT2D eigenvalue weighted by Gasteiger charge is 2.19. The van der Waals surface area contributed by atoms with Gasteiger partial charge in [-0.3, -0.25) is 4.57 Å². The first-order valence-corrected chi connectivity index (χ1v) is 11.1. The van der Waals surface area contributed by atoms with E-state index in [0.29, 0.717) is 11.0 Å². The lowest BCUT2D eigenvalue weighted by Crippen LogP contribution is -2.01. The first kappa shape index (κ1) is 18.0. The fourth-order valence-corrected chi connectivity index (χ4v) is 5.58. The number of benzene rings is 2. The molecule has 0 saturated heterocycles. The standard InChI is InChI=1S/C20H12N4O2S3/c25-18(26)12-7-9-13(10-8-12)24-17(16-6-3-11-27-16)22-23-19(24)29-20-21-14-4-1-2-5-15(14)28-20/h1-11H,(H,25,26). The number of thiazole rings is 1. The Bertz CT molecular complexity index is 1270. The van der Waals surface area contributed by atoms with Gasteiger partial charge in [0, 0.05) is 5.69 Å². The van der Waals surface area contributed by atoms with Crippen molar-refractivity contribution >= 4 is 50.6 Å². The summed E-state index contributed by atoms with van der Waals surface area (Å²) in [7, 11) is 0. The van der Waals surface area contributed by atoms with Crippen molar-refractivity contribution < 1.29 is 9.90 Å². The van der Waals surface area contributed by atoms with E-state index in [0.717, 1.165) is 25.1 Å². The Morgan fingerprint density at radius 2 is 1.83 bits per heavy atom. The first-order valence-electron chi connectivity index (χ1n) is 8.55. The van der Waals surface area contributed by atoms with Gasteiger partial charge < -0.3 is 5.11 Å². The second-order valence-electron chi connectivity index (χ2n) is 6.02. The van der Waals surface area contributed by atoms with Gasteiger partial charge in [0.2, 0.25) is 5.16 Å². The van der Waals surface area contributed by atoms with Crippen LogP contribution < -0.4 is 0 Å². The minimum atomic E-state index is -0.956. The van der Waals surface area contributed by atoms with Crippen LogP contribution in [0.15, 0.2) is 75.5 Å². The third-order valence-corrected chi connectivity index (χ3v) is 7.11. The van der Waals surface area contributed by atoms with Gasteiger partial charge in [-0.2, -0.15) is 0 Å². The number of para-hydroxylation sites is 1. The second kappa shape index (κ2) is 7.43. The Balaban J connectivity index is 1.60. The number of carboxylic acid groups (broad SMARTS) is 1. The molecule has 0 fully saturated rings. The molecule has 6 nitrogen and oxygen atoms in total. The number of aromatic nitrogens is 4. The maximum absolute atomic E-state index is 11.2. The van der Waals surface area contributed by atoms with Crippen LogP contribution in [0.2, 0.25) is 0 Å². The molecule has 0 aliphatic rings. The highest BCUT2D eigenvalue weighted by molar-refractivity contribution is 8.01. The van der Waals surface area contributed by atoms with Gasteiger partial charge in [-0.1, -0.05) is 18.2 Å². The van der Waals surface area contributed by atoms with E-state index >= 15 is 0 Å². The average molecular weight is 437 g/mol. The Labute approximate surface area is 177 Å². The predicted molar refractivity (Wildman–Crippen MR) is 115 cm³/mol. The van der Waals surface area contributed by atoms with E-state index in [1.807, 2.05) is 46.3 Å². The van der Waals surface area contributed by atoms with Crippen LogP contribution in [0.25, 0.3) is 26.6 Å². The number of hydrogen-bond donors (Lipinski definition) is 1. The Morgan fingerprint density at radius 3 is 2.55 bits per heavy atom. The third-order valence-electron chi connectivity index (χ3n) is 4.20. The molecule has 29 heavy (non-hydrogen) atoms. The lowest BCUT2D eigenvalue weighted by molar-refractivity contribution is 0.0697. The van der Waals surface area contributed by atoms with Crippen LogP contribution in [-0.4, -0.2) is 30.8 Å². The zero-order chi connectivity index (χ0) is 19.8. The zero-order valence-electron chi connectivity index (χ0n) is 14.7. The molecule has 142 valence electrons. The van der Waals surface area contributed by atoms with Crippen LogP contribution in [0.4, 0.5) is 0 Å². The van der Waals surface area contributed by atoms with Gasteiger partial charge >= 0.3 is 5.97 Å². The van der Waals surface area contributed by atoms with Crippen LogP contribution in [0.3, 0.4) is 0 Å². The molecular formula is C20H12N4O2S3. The van der Waals surface area contributed by atoms with Gasteiger partial charge in [0.15, 0.2) is 10.2 Å². The summed E-state index contributed by atoms with van der Waals surface area (Å²) < 4.78 is 3.93. The molecule has 0 aliphatic carbocycles. The topological polar surface area (TPSA) is 80.9 Å². The van der Waals surface area contributed by atoms with Crippen LogP contribution in [0.5, 0.6) is 0 Å². The fourth-order valence-electron chi connectivity index (χ4n) is 2.86. The summed E-state index contributed by atoms with van der Waals surface area (Å²) in [5, 5.41) is 20.7. The Kier molecular flexibility index (Phi) is 4.62. The van der Waals surface area contributed by atoms with Gasteiger partial charge in [0.05, 0.1) is 20.7 Å². The quantitative estimate of drug-likeness (QED) is 0.394. The molecule has 1 N–H and O–H groups in total. The lowest BCUT2D eigenvalue weighted by atomic mass is 10.2. The van der Waals surface area contributed by atoms with Crippen molar-refractivity contribution in [2.24, 2.45) is 0 Å². The molecule has 5 rings (SSSR count). The summed E-state index contributed by atoms with van der Waals surface area (Å²) in [5.74, 6) is -0.241. The van der Waals surface area contributed by atoms with Crippen molar-refractivity contribution in [1.29, 1.82) is 0 Å². The van der Waals surface area contributed by atoms with Gasteiger partial charge in [-0.25, -0.2) is 9.78 Å². The van der Waals surface area contributed by atoms with Crippen molar-refractivity contribution in [3.63, 3.8) is 0 Å². The SMILES string of the molecule is O=C(O)c1ccc(-n2c(Sc3nc4ccccc4s3)nnc2-c2cccs2)cc1. The summed E-state index contributed by atoms with van der Waals surface area (Å²) in [6.07, 6.45) is 0. The molecular weight excluding hydrogens is 424 g/mol. The van der Waals surface area contributed by atoms with Gasteiger partial charge in [0.1, 0.15) is 0 Å². The molecule has 0 unspecified atom stereocenters. The first-order chi connectivity index (χ1) is 14.2. The third kappa shape index (κ3) is 3.44. The van der Waals surface area contributed by atoms with Crippen molar-refractivity contribution in [1.82, 2.24) is 19.7 Å². The number of carboxylic acids is 1. The van der Waals surface area contributed by atoms with Crippen molar-refractivity contribution in [2.45, 2.75) is 9.50 Å². The molecule has 0 atom stereocenters. The molecule has 0 spiro atoms. The summed E-state index contributed by atoms with van der Waals surface area (Å²) in [5.41, 5.74) is 1.99. The molecule has 0 radical (unpaired) electrons. The highest BCUT2D eigenvalue weighted by atomic mass is 32.2. The smallest absolute Gasteiger partial charge is 0.335 e. The maximum Gasteiger partial charge on any atom is 0.335 e. The normalized spacial score (nSPS) is 11.2. The second-order valence-corrected chi connectivity index (χ2v) is 9.21. The van der Waals surface area contributed by atoms with E-state index < -0.39 is 5.97 Å². The molecule has 0 bridgehead atoms. The van der Waals surface area contributed by atoms with E-state index in [2.05, 4.69) is 15.2 Å². The van der Waals surface area contributed by atoms with Gasteiger partial charge in [-0.15, -0.1) is 32.9 Å². The number of thiophene rings is 1. The summed E-state index contributed by atoms with van der Waals surface area (Å²) in [4.78, 5) is 16.9. The largest absolute Gasteiger partial charge is 0.478 e. The van der Waals surface area contributed by atoms with E-state index in [1.54, 1.807) is 46.9 Å². The molecule has 3 heterocycles.